The van der Waals surface area contributed by atoms with Gasteiger partial charge >= 0.3 is 0 Å². The molecule has 0 unspecified atom stereocenters. The van der Waals surface area contributed by atoms with Gasteiger partial charge in [-0.15, -0.1) is 5.10 Å². The van der Waals surface area contributed by atoms with E-state index in [1.54, 1.807) is 0 Å². The predicted octanol–water partition coefficient (Wildman–Crippen LogP) is 1.11. The number of hydrogen-bond acceptors (Lipinski definition) is 5. The van der Waals surface area contributed by atoms with Crippen LogP contribution >= 0.6 is 11.5 Å². The third-order valence-corrected chi connectivity index (χ3v) is 3.55. The number of likely N-dealkylation sites (N-methyl/N-ethyl adjacent to an activating group) is 1. The van der Waals surface area contributed by atoms with Gasteiger partial charge in [-0.1, -0.05) is 11.4 Å². The number of rotatable bonds is 5. The van der Waals surface area contributed by atoms with E-state index in [0.29, 0.717) is 0 Å². The van der Waals surface area contributed by atoms with Crippen LogP contribution in [0.4, 0.5) is 0 Å². The van der Waals surface area contributed by atoms with Crippen molar-refractivity contribution in [3.05, 3.63) is 11.1 Å². The van der Waals surface area contributed by atoms with Gasteiger partial charge in [-0.05, 0) is 37.5 Å². The zero-order chi connectivity index (χ0) is 10.5. The van der Waals surface area contributed by atoms with Crippen LogP contribution in [0.5, 0.6) is 0 Å². The van der Waals surface area contributed by atoms with Crippen LogP contribution in [0.15, 0.2) is 5.38 Å². The molecule has 1 atom stereocenters. The molecule has 2 heterocycles. The van der Waals surface area contributed by atoms with Crippen LogP contribution in [0.1, 0.15) is 25.5 Å². The van der Waals surface area contributed by atoms with Gasteiger partial charge in [0.1, 0.15) is 0 Å². The first kappa shape index (κ1) is 11.0. The molecule has 1 aromatic rings. The van der Waals surface area contributed by atoms with Gasteiger partial charge in [-0.2, -0.15) is 0 Å². The van der Waals surface area contributed by atoms with E-state index in [2.05, 4.69) is 26.7 Å². The van der Waals surface area contributed by atoms with Gasteiger partial charge in [0.05, 0.1) is 5.69 Å². The molecule has 1 aliphatic rings. The molecule has 0 aliphatic carbocycles. The first-order valence-corrected chi connectivity index (χ1v) is 6.44. The molecule has 0 amide bonds. The average Bonchev–Trinajstić information content (AvgIpc) is 2.88. The Hall–Kier alpha value is -0.520. The highest BCUT2D eigenvalue weighted by Gasteiger charge is 2.21. The minimum absolute atomic E-state index is 0.724. The lowest BCUT2D eigenvalue weighted by Gasteiger charge is -2.22. The highest BCUT2D eigenvalue weighted by Crippen LogP contribution is 2.15. The van der Waals surface area contributed by atoms with E-state index in [0.717, 1.165) is 24.8 Å². The van der Waals surface area contributed by atoms with Crippen molar-refractivity contribution in [2.75, 3.05) is 19.6 Å². The Balaban J connectivity index is 1.69. The van der Waals surface area contributed by atoms with E-state index in [1.165, 1.54) is 37.5 Å². The maximum Gasteiger partial charge on any atom is 0.0893 e. The van der Waals surface area contributed by atoms with Crippen molar-refractivity contribution in [2.45, 2.75) is 32.4 Å². The van der Waals surface area contributed by atoms with Crippen molar-refractivity contribution in [2.24, 2.45) is 0 Å². The summed E-state index contributed by atoms with van der Waals surface area (Å²) in [5, 5.41) is 9.47. The second-order valence-corrected chi connectivity index (χ2v) is 4.56. The summed E-state index contributed by atoms with van der Waals surface area (Å²) in [5.74, 6) is 0. The highest BCUT2D eigenvalue weighted by molar-refractivity contribution is 7.03. The molecule has 1 saturated heterocycles. The lowest BCUT2D eigenvalue weighted by atomic mass is 10.2. The van der Waals surface area contributed by atoms with Crippen molar-refractivity contribution in [3.63, 3.8) is 0 Å². The zero-order valence-corrected chi connectivity index (χ0v) is 9.96. The molecule has 84 valence electrons. The standard InChI is InChI=1S/C10H18N4S/c1-2-14-5-3-4-10(14)7-11-6-9-8-15-13-12-9/h8,10-11H,2-7H2,1H3/t10-/m0/s1. The third kappa shape index (κ3) is 2.96. The van der Waals surface area contributed by atoms with Gasteiger partial charge in [0.2, 0.25) is 0 Å². The quantitative estimate of drug-likeness (QED) is 0.816. The smallest absolute Gasteiger partial charge is 0.0893 e. The second-order valence-electron chi connectivity index (χ2n) is 3.95. The van der Waals surface area contributed by atoms with E-state index >= 15 is 0 Å². The molecule has 2 rings (SSSR count). The number of nitrogens with zero attached hydrogens (tertiary/aromatic N) is 3. The van der Waals surface area contributed by atoms with Crippen molar-refractivity contribution >= 4 is 11.5 Å². The van der Waals surface area contributed by atoms with Crippen LogP contribution in [0.2, 0.25) is 0 Å². The van der Waals surface area contributed by atoms with E-state index in [9.17, 15) is 0 Å². The summed E-state index contributed by atoms with van der Waals surface area (Å²) >= 11 is 1.42. The minimum Gasteiger partial charge on any atom is -0.310 e. The Morgan fingerprint density at radius 3 is 3.33 bits per heavy atom. The second kappa shape index (κ2) is 5.53. The molecular formula is C10H18N4S. The normalized spacial score (nSPS) is 22.3. The molecule has 1 aliphatic heterocycles. The molecule has 1 N–H and O–H groups in total. The topological polar surface area (TPSA) is 41.0 Å². The zero-order valence-electron chi connectivity index (χ0n) is 9.15. The fourth-order valence-electron chi connectivity index (χ4n) is 2.17. The highest BCUT2D eigenvalue weighted by atomic mass is 32.1. The molecule has 1 aromatic heterocycles. The summed E-state index contributed by atoms with van der Waals surface area (Å²) in [7, 11) is 0. The molecule has 15 heavy (non-hydrogen) atoms. The number of nitrogens with one attached hydrogen (secondary N) is 1. The number of hydrogen-bond donors (Lipinski definition) is 1. The molecule has 0 spiro atoms. The van der Waals surface area contributed by atoms with Crippen LogP contribution in [-0.4, -0.2) is 40.2 Å². The van der Waals surface area contributed by atoms with Gasteiger partial charge in [0.25, 0.3) is 0 Å². The molecule has 0 bridgehead atoms. The van der Waals surface area contributed by atoms with Crippen molar-refractivity contribution < 1.29 is 0 Å². The van der Waals surface area contributed by atoms with Crippen LogP contribution < -0.4 is 5.32 Å². The summed E-state index contributed by atoms with van der Waals surface area (Å²) < 4.78 is 3.84. The van der Waals surface area contributed by atoms with Gasteiger partial charge < -0.3 is 5.32 Å². The molecule has 5 heteroatoms. The Labute approximate surface area is 94.8 Å². The third-order valence-electron chi connectivity index (χ3n) is 3.00. The van der Waals surface area contributed by atoms with Crippen LogP contribution in [0.25, 0.3) is 0 Å². The van der Waals surface area contributed by atoms with Crippen molar-refractivity contribution in [3.8, 4) is 0 Å². The summed E-state index contributed by atoms with van der Waals surface area (Å²) in [6, 6.07) is 0.724. The van der Waals surface area contributed by atoms with Gasteiger partial charge in [-0.25, -0.2) is 0 Å². The minimum atomic E-state index is 0.724. The average molecular weight is 226 g/mol. The van der Waals surface area contributed by atoms with Crippen LogP contribution in [-0.2, 0) is 6.54 Å². The maximum absolute atomic E-state index is 4.01. The Morgan fingerprint density at radius 1 is 1.67 bits per heavy atom. The fourth-order valence-corrected chi connectivity index (χ4v) is 2.62. The monoisotopic (exact) mass is 226 g/mol. The van der Waals surface area contributed by atoms with Crippen LogP contribution in [0, 0.1) is 0 Å². The Morgan fingerprint density at radius 2 is 2.60 bits per heavy atom. The molecule has 0 radical (unpaired) electrons. The molecule has 0 saturated carbocycles. The number of aromatic nitrogens is 2. The summed E-state index contributed by atoms with van der Waals surface area (Å²) in [4.78, 5) is 2.55. The van der Waals surface area contributed by atoms with Crippen molar-refractivity contribution in [1.29, 1.82) is 0 Å². The lowest BCUT2D eigenvalue weighted by Crippen LogP contribution is -2.37. The first-order chi connectivity index (χ1) is 7.40. The Bertz CT molecular complexity index is 275. The van der Waals surface area contributed by atoms with E-state index in [4.69, 9.17) is 0 Å². The molecular weight excluding hydrogens is 208 g/mol. The first-order valence-electron chi connectivity index (χ1n) is 5.61. The number of likely N-dealkylation sites (tertiary alicyclic amines) is 1. The summed E-state index contributed by atoms with van der Waals surface area (Å²) in [6.45, 7) is 6.60. The largest absolute Gasteiger partial charge is 0.310 e. The lowest BCUT2D eigenvalue weighted by molar-refractivity contribution is 0.259. The summed E-state index contributed by atoms with van der Waals surface area (Å²) in [6.07, 6.45) is 2.68. The van der Waals surface area contributed by atoms with Gasteiger partial charge in [0, 0.05) is 24.5 Å². The maximum atomic E-state index is 4.01. The molecule has 1 fully saturated rings. The SMILES string of the molecule is CCN1CCC[C@H]1CNCc1csnn1. The predicted molar refractivity (Wildman–Crippen MR) is 61.9 cm³/mol. The van der Waals surface area contributed by atoms with E-state index < -0.39 is 0 Å². The molecule has 4 nitrogen and oxygen atoms in total. The van der Waals surface area contributed by atoms with Crippen molar-refractivity contribution in [1.82, 2.24) is 19.8 Å². The van der Waals surface area contributed by atoms with E-state index in [-0.39, 0.29) is 0 Å². The fraction of sp³-hybridized carbons (Fsp3) is 0.800. The summed E-state index contributed by atoms with van der Waals surface area (Å²) in [5.41, 5.74) is 1.06. The van der Waals surface area contributed by atoms with Crippen LogP contribution in [0.3, 0.4) is 0 Å². The molecule has 0 aromatic carbocycles. The Kier molecular flexibility index (Phi) is 4.05. The van der Waals surface area contributed by atoms with E-state index in [1.807, 2.05) is 5.38 Å². The van der Waals surface area contributed by atoms with Gasteiger partial charge in [0.15, 0.2) is 0 Å². The van der Waals surface area contributed by atoms with Gasteiger partial charge in [-0.3, -0.25) is 4.90 Å².